The third kappa shape index (κ3) is 3.76. The molecule has 3 fully saturated rings. The first kappa shape index (κ1) is 21.3. The molecule has 2 saturated carbocycles. The zero-order valence-corrected chi connectivity index (χ0v) is 18.4. The van der Waals surface area contributed by atoms with Crippen LogP contribution in [0.5, 0.6) is 0 Å². The van der Waals surface area contributed by atoms with E-state index in [1.54, 1.807) is 23.2 Å². The van der Waals surface area contributed by atoms with Gasteiger partial charge in [0.15, 0.2) is 0 Å². The Labute approximate surface area is 190 Å². The van der Waals surface area contributed by atoms with Gasteiger partial charge in [-0.15, -0.1) is 0 Å². The molecule has 2 aliphatic carbocycles. The van der Waals surface area contributed by atoms with Crippen LogP contribution in [0.25, 0.3) is 0 Å². The van der Waals surface area contributed by atoms with E-state index in [2.05, 4.69) is 10.3 Å². The van der Waals surface area contributed by atoms with Gasteiger partial charge in [0.05, 0.1) is 11.1 Å². The van der Waals surface area contributed by atoms with Crippen molar-refractivity contribution in [2.45, 2.75) is 57.2 Å². The number of aryl methyl sites for hydroxylation is 1. The number of benzene rings is 1. The smallest absolute Gasteiger partial charge is 0.254 e. The largest absolute Gasteiger partial charge is 0.347 e. The summed E-state index contributed by atoms with van der Waals surface area (Å²) >= 11 is 5.71. The molecule has 5 nitrogen and oxygen atoms in total. The van der Waals surface area contributed by atoms with Crippen molar-refractivity contribution in [1.82, 2.24) is 15.2 Å². The zero-order valence-electron chi connectivity index (χ0n) is 17.7. The maximum Gasteiger partial charge on any atom is 0.254 e. The highest BCUT2D eigenvalue weighted by Crippen LogP contribution is 2.46. The Bertz CT molecular complexity index is 1090. The van der Waals surface area contributed by atoms with Crippen molar-refractivity contribution in [2.75, 3.05) is 0 Å². The highest BCUT2D eigenvalue weighted by atomic mass is 35.5. The first-order chi connectivity index (χ1) is 15.3. The molecule has 2 aromatic rings. The molecular weight excluding hydrogens is 436 g/mol. The number of nitrogens with one attached hydrogen (secondary N) is 1. The molecule has 1 saturated heterocycles. The zero-order chi connectivity index (χ0) is 22.6. The molecule has 1 aromatic heterocycles. The van der Waals surface area contributed by atoms with Crippen molar-refractivity contribution in [1.29, 1.82) is 0 Å². The lowest BCUT2D eigenvalue weighted by molar-refractivity contribution is -0.126. The van der Waals surface area contributed by atoms with Gasteiger partial charge in [-0.25, -0.2) is 8.78 Å². The van der Waals surface area contributed by atoms with E-state index in [-0.39, 0.29) is 34.4 Å². The summed E-state index contributed by atoms with van der Waals surface area (Å²) in [6.45, 7) is 1.82. The Morgan fingerprint density at radius 1 is 1.16 bits per heavy atom. The first-order valence-electron chi connectivity index (χ1n) is 11.0. The van der Waals surface area contributed by atoms with E-state index in [1.165, 1.54) is 0 Å². The molecule has 1 aliphatic heterocycles. The van der Waals surface area contributed by atoms with E-state index < -0.39 is 23.7 Å². The normalized spacial score (nSPS) is 25.1. The fourth-order valence-corrected chi connectivity index (χ4v) is 5.23. The number of carbonyl (C=O) groups is 2. The third-order valence-corrected chi connectivity index (χ3v) is 7.33. The van der Waals surface area contributed by atoms with E-state index in [0.29, 0.717) is 17.9 Å². The number of amides is 2. The van der Waals surface area contributed by atoms with Gasteiger partial charge in [-0.05, 0) is 75.1 Å². The van der Waals surface area contributed by atoms with Gasteiger partial charge < -0.3 is 10.2 Å². The lowest BCUT2D eigenvalue weighted by atomic mass is 9.80. The van der Waals surface area contributed by atoms with Crippen molar-refractivity contribution in [3.05, 3.63) is 63.9 Å². The topological polar surface area (TPSA) is 62.3 Å². The summed E-state index contributed by atoms with van der Waals surface area (Å²) < 4.78 is 28.7. The molecule has 0 unspecified atom stereocenters. The average Bonchev–Trinajstić information content (AvgIpc) is 3.54. The SMILES string of the molecule is Cc1cc(C(=O)N2[C@@H](C(=O)N[C@@H](c3cc(F)c(Cl)cc3F)C3CC3)C[C@H]3CC[C@H]32)ccn1. The number of nitrogens with zero attached hydrogens (tertiary/aromatic N) is 2. The molecule has 1 aromatic carbocycles. The summed E-state index contributed by atoms with van der Waals surface area (Å²) in [5.41, 5.74) is 1.34. The van der Waals surface area contributed by atoms with Gasteiger partial charge in [-0.1, -0.05) is 11.6 Å². The Morgan fingerprint density at radius 2 is 1.94 bits per heavy atom. The first-order valence-corrected chi connectivity index (χ1v) is 11.4. The fourth-order valence-electron chi connectivity index (χ4n) is 5.08. The molecular formula is C24H24ClF2N3O2. The Morgan fingerprint density at radius 3 is 2.59 bits per heavy atom. The van der Waals surface area contributed by atoms with Crippen molar-refractivity contribution < 1.29 is 18.4 Å². The van der Waals surface area contributed by atoms with Gasteiger partial charge in [0, 0.05) is 29.1 Å². The molecule has 168 valence electrons. The number of fused-ring (bicyclic) bond motifs is 1. The molecule has 2 heterocycles. The van der Waals surface area contributed by atoms with E-state index in [0.717, 1.165) is 43.5 Å². The number of halogens is 3. The molecule has 3 aliphatic rings. The molecule has 0 spiro atoms. The van der Waals surface area contributed by atoms with Crippen LogP contribution in [0, 0.1) is 30.4 Å². The van der Waals surface area contributed by atoms with Crippen LogP contribution in [0.2, 0.25) is 5.02 Å². The minimum absolute atomic E-state index is 0.0378. The van der Waals surface area contributed by atoms with Crippen LogP contribution >= 0.6 is 11.6 Å². The van der Waals surface area contributed by atoms with Gasteiger partial charge in [0.1, 0.15) is 17.7 Å². The second kappa shape index (κ2) is 8.10. The number of likely N-dealkylation sites (tertiary alicyclic amines) is 1. The van der Waals surface area contributed by atoms with Crippen LogP contribution in [-0.2, 0) is 4.79 Å². The molecule has 4 atom stereocenters. The summed E-state index contributed by atoms with van der Waals surface area (Å²) in [5.74, 6) is -1.52. The highest BCUT2D eigenvalue weighted by Gasteiger charge is 2.51. The summed E-state index contributed by atoms with van der Waals surface area (Å²) in [5, 5.41) is 2.66. The second-order valence-corrected chi connectivity index (χ2v) is 9.57. The predicted molar refractivity (Wildman–Crippen MR) is 115 cm³/mol. The van der Waals surface area contributed by atoms with Gasteiger partial charge in [-0.3, -0.25) is 14.6 Å². The third-order valence-electron chi connectivity index (χ3n) is 7.04. The molecule has 1 N–H and O–H groups in total. The Kier molecular flexibility index (Phi) is 5.40. The molecule has 5 rings (SSSR count). The van der Waals surface area contributed by atoms with E-state index in [4.69, 9.17) is 11.6 Å². The summed E-state index contributed by atoms with van der Waals surface area (Å²) in [4.78, 5) is 32.6. The van der Waals surface area contributed by atoms with Crippen molar-refractivity contribution in [2.24, 2.45) is 11.8 Å². The number of pyridine rings is 1. The maximum absolute atomic E-state index is 14.6. The van der Waals surface area contributed by atoms with Crippen LogP contribution in [0.3, 0.4) is 0 Å². The lowest BCUT2D eigenvalue weighted by Crippen LogP contribution is -2.51. The number of hydrogen-bond acceptors (Lipinski definition) is 3. The van der Waals surface area contributed by atoms with Gasteiger partial charge in [0.25, 0.3) is 5.91 Å². The van der Waals surface area contributed by atoms with E-state index >= 15 is 0 Å². The van der Waals surface area contributed by atoms with Gasteiger partial charge in [-0.2, -0.15) is 0 Å². The van der Waals surface area contributed by atoms with Crippen LogP contribution in [0.15, 0.2) is 30.5 Å². The number of hydrogen-bond donors (Lipinski definition) is 1. The average molecular weight is 460 g/mol. The predicted octanol–water partition coefficient (Wildman–Crippen LogP) is 4.58. The Hall–Kier alpha value is -2.54. The van der Waals surface area contributed by atoms with E-state index in [9.17, 15) is 18.4 Å². The molecule has 0 radical (unpaired) electrons. The number of aromatic nitrogens is 1. The second-order valence-electron chi connectivity index (χ2n) is 9.17. The van der Waals surface area contributed by atoms with Crippen LogP contribution in [-0.4, -0.2) is 33.8 Å². The lowest BCUT2D eigenvalue weighted by Gasteiger charge is -2.37. The summed E-state index contributed by atoms with van der Waals surface area (Å²) in [6, 6.07) is 4.17. The monoisotopic (exact) mass is 459 g/mol. The minimum atomic E-state index is -0.716. The number of rotatable bonds is 5. The molecule has 2 amide bonds. The van der Waals surface area contributed by atoms with Crippen LogP contribution < -0.4 is 5.32 Å². The number of carbonyl (C=O) groups excluding carboxylic acids is 2. The fraction of sp³-hybridized carbons (Fsp3) is 0.458. The molecule has 0 bridgehead atoms. The Balaban J connectivity index is 1.41. The maximum atomic E-state index is 14.6. The molecule has 8 heteroatoms. The molecule has 32 heavy (non-hydrogen) atoms. The minimum Gasteiger partial charge on any atom is -0.347 e. The van der Waals surface area contributed by atoms with Crippen LogP contribution in [0.1, 0.15) is 59.8 Å². The van der Waals surface area contributed by atoms with E-state index in [1.807, 2.05) is 6.92 Å². The van der Waals surface area contributed by atoms with Crippen molar-refractivity contribution in [3.8, 4) is 0 Å². The summed E-state index contributed by atoms with van der Waals surface area (Å²) in [6.07, 6.45) is 5.67. The van der Waals surface area contributed by atoms with Gasteiger partial charge >= 0.3 is 0 Å². The van der Waals surface area contributed by atoms with Gasteiger partial charge in [0.2, 0.25) is 5.91 Å². The quantitative estimate of drug-likeness (QED) is 0.665. The standard InChI is InChI=1S/C24H24ClF2N3O2/c1-12-8-15(6-7-28-12)24(32)30-20-5-4-14(20)9-21(30)23(31)29-22(13-2-3-13)16-10-19(27)17(25)11-18(16)26/h6-8,10-11,13-14,20-22H,2-5,9H2,1H3,(H,29,31)/t14-,20-,21-,22-/m1/s1. The van der Waals surface area contributed by atoms with Crippen LogP contribution in [0.4, 0.5) is 8.78 Å². The van der Waals surface area contributed by atoms with Crippen molar-refractivity contribution in [3.63, 3.8) is 0 Å². The highest BCUT2D eigenvalue weighted by molar-refractivity contribution is 6.30. The summed E-state index contributed by atoms with van der Waals surface area (Å²) in [7, 11) is 0. The van der Waals surface area contributed by atoms with Crippen molar-refractivity contribution >= 4 is 23.4 Å².